The number of benzene rings is 3. The number of nitrogens with zero attached hydrogens (tertiary/aromatic N) is 3. The first kappa shape index (κ1) is 24.3. The zero-order valence-electron chi connectivity index (χ0n) is 21.6. The van der Waals surface area contributed by atoms with Crippen molar-refractivity contribution in [2.45, 2.75) is 26.2 Å². The van der Waals surface area contributed by atoms with Crippen molar-refractivity contribution >= 4 is 5.91 Å². The first-order valence-corrected chi connectivity index (χ1v) is 12.7. The van der Waals surface area contributed by atoms with Gasteiger partial charge in [-0.05, 0) is 66.8 Å². The summed E-state index contributed by atoms with van der Waals surface area (Å²) < 4.78 is 3.80. The molecule has 1 amide bonds. The van der Waals surface area contributed by atoms with Crippen LogP contribution in [0, 0.1) is 13.8 Å². The molecule has 0 bridgehead atoms. The Morgan fingerprint density at radius 3 is 2.16 bits per heavy atom. The third kappa shape index (κ3) is 5.26. The van der Waals surface area contributed by atoms with Crippen molar-refractivity contribution in [3.05, 3.63) is 131 Å². The van der Waals surface area contributed by atoms with Crippen molar-refractivity contribution in [1.29, 1.82) is 0 Å². The Bertz CT molecular complexity index is 1460. The van der Waals surface area contributed by atoms with Gasteiger partial charge in [0.1, 0.15) is 11.4 Å². The second kappa shape index (κ2) is 10.7. The molecule has 1 N–H and O–H groups in total. The molecule has 5 nitrogen and oxygen atoms in total. The number of nitrogens with one attached hydrogen (secondary N) is 1. The maximum Gasteiger partial charge on any atom is 0.270 e. The number of aromatic nitrogens is 3. The highest BCUT2D eigenvalue weighted by Crippen LogP contribution is 2.28. The van der Waals surface area contributed by atoms with Gasteiger partial charge in [0, 0.05) is 25.7 Å². The number of rotatable bonds is 8. The summed E-state index contributed by atoms with van der Waals surface area (Å²) in [5.74, 6) is 0.0688. The van der Waals surface area contributed by atoms with Crippen molar-refractivity contribution in [2.75, 3.05) is 6.54 Å². The minimum Gasteiger partial charge on any atom is -0.351 e. The minimum atomic E-state index is -0.131. The predicted octanol–water partition coefficient (Wildman–Crippen LogP) is 6.45. The molecule has 3 aromatic carbocycles. The standard InChI is InChI=1S/C32H32N4O/c1-23-16-17-24(2)30(21-23)36-31(22-28(34-36)29-15-10-20-35(29)3)32(37)33-19-18-27(25-11-6-4-7-12-25)26-13-8-5-9-14-26/h4-17,20-22,27H,18-19H2,1-3H3,(H,33,37). The van der Waals surface area contributed by atoms with Gasteiger partial charge in [-0.1, -0.05) is 72.8 Å². The normalized spacial score (nSPS) is 11.1. The third-order valence-corrected chi connectivity index (χ3v) is 6.86. The fourth-order valence-corrected chi connectivity index (χ4v) is 4.84. The van der Waals surface area contributed by atoms with Crippen LogP contribution in [0.15, 0.2) is 103 Å². The van der Waals surface area contributed by atoms with Crippen LogP contribution in [-0.2, 0) is 7.05 Å². The van der Waals surface area contributed by atoms with E-state index in [9.17, 15) is 4.79 Å². The highest BCUT2D eigenvalue weighted by Gasteiger charge is 2.21. The van der Waals surface area contributed by atoms with Gasteiger partial charge in [0.05, 0.1) is 11.4 Å². The quantitative estimate of drug-likeness (QED) is 0.273. The molecule has 0 aliphatic heterocycles. The fourth-order valence-electron chi connectivity index (χ4n) is 4.84. The Labute approximate surface area is 218 Å². The van der Waals surface area contributed by atoms with E-state index in [2.05, 4.69) is 79.0 Å². The summed E-state index contributed by atoms with van der Waals surface area (Å²) in [6.07, 6.45) is 2.78. The molecule has 5 rings (SSSR count). The molecule has 0 unspecified atom stereocenters. The molecule has 2 aromatic heterocycles. The average molecular weight is 489 g/mol. The Morgan fingerprint density at radius 2 is 1.54 bits per heavy atom. The molecule has 0 spiro atoms. The minimum absolute atomic E-state index is 0.131. The summed E-state index contributed by atoms with van der Waals surface area (Å²) in [6, 6.07) is 33.1. The Kier molecular flexibility index (Phi) is 7.04. The molecule has 37 heavy (non-hydrogen) atoms. The van der Waals surface area contributed by atoms with Crippen LogP contribution in [0.4, 0.5) is 0 Å². The Hall–Kier alpha value is -4.38. The van der Waals surface area contributed by atoms with Gasteiger partial charge in [-0.25, -0.2) is 4.68 Å². The lowest BCUT2D eigenvalue weighted by atomic mass is 9.88. The maximum atomic E-state index is 13.6. The third-order valence-electron chi connectivity index (χ3n) is 6.86. The lowest BCUT2D eigenvalue weighted by Crippen LogP contribution is -2.28. The lowest BCUT2D eigenvalue weighted by Gasteiger charge is -2.18. The van der Waals surface area contributed by atoms with E-state index in [0.29, 0.717) is 12.2 Å². The SMILES string of the molecule is Cc1ccc(C)c(-n2nc(-c3cccn3C)cc2C(=O)NCCC(c2ccccc2)c2ccccc2)c1. The van der Waals surface area contributed by atoms with E-state index in [0.717, 1.165) is 34.6 Å². The van der Waals surface area contributed by atoms with Crippen LogP contribution in [0.3, 0.4) is 0 Å². The summed E-state index contributed by atoms with van der Waals surface area (Å²) in [5, 5.41) is 8.06. The van der Waals surface area contributed by atoms with E-state index < -0.39 is 0 Å². The molecule has 2 heterocycles. The first-order chi connectivity index (χ1) is 18.0. The van der Waals surface area contributed by atoms with Crippen molar-refractivity contribution in [1.82, 2.24) is 19.7 Å². The van der Waals surface area contributed by atoms with Gasteiger partial charge < -0.3 is 9.88 Å². The van der Waals surface area contributed by atoms with Crippen LogP contribution >= 0.6 is 0 Å². The molecule has 5 aromatic rings. The van der Waals surface area contributed by atoms with E-state index in [1.165, 1.54) is 11.1 Å². The van der Waals surface area contributed by atoms with Crippen molar-refractivity contribution in [2.24, 2.45) is 7.05 Å². The Morgan fingerprint density at radius 1 is 0.865 bits per heavy atom. The van der Waals surface area contributed by atoms with E-state index in [4.69, 9.17) is 5.10 Å². The Balaban J connectivity index is 1.42. The largest absolute Gasteiger partial charge is 0.351 e. The van der Waals surface area contributed by atoms with E-state index >= 15 is 0 Å². The highest BCUT2D eigenvalue weighted by molar-refractivity contribution is 5.94. The van der Waals surface area contributed by atoms with Gasteiger partial charge in [-0.2, -0.15) is 5.10 Å². The van der Waals surface area contributed by atoms with Crippen LogP contribution in [-0.4, -0.2) is 26.8 Å². The summed E-state index contributed by atoms with van der Waals surface area (Å²) in [5.41, 5.74) is 7.85. The van der Waals surface area contributed by atoms with Gasteiger partial charge >= 0.3 is 0 Å². The van der Waals surface area contributed by atoms with Crippen LogP contribution in [0.2, 0.25) is 0 Å². The zero-order chi connectivity index (χ0) is 25.8. The number of carbonyl (C=O) groups excluding carboxylic acids is 1. The van der Waals surface area contributed by atoms with Crippen LogP contribution in [0.1, 0.15) is 45.1 Å². The van der Waals surface area contributed by atoms with Crippen LogP contribution in [0.5, 0.6) is 0 Å². The predicted molar refractivity (Wildman–Crippen MR) is 149 cm³/mol. The molecule has 0 saturated carbocycles. The van der Waals surface area contributed by atoms with Gasteiger partial charge in [-0.3, -0.25) is 4.79 Å². The number of carbonyl (C=O) groups is 1. The van der Waals surface area contributed by atoms with E-state index in [-0.39, 0.29) is 11.8 Å². The molecule has 186 valence electrons. The monoisotopic (exact) mass is 488 g/mol. The van der Waals surface area contributed by atoms with Crippen LogP contribution < -0.4 is 5.32 Å². The second-order valence-electron chi connectivity index (χ2n) is 9.54. The van der Waals surface area contributed by atoms with Gasteiger partial charge in [0.15, 0.2) is 0 Å². The maximum absolute atomic E-state index is 13.6. The number of hydrogen-bond acceptors (Lipinski definition) is 2. The first-order valence-electron chi connectivity index (χ1n) is 12.7. The molecule has 0 saturated heterocycles. The topological polar surface area (TPSA) is 51.9 Å². The van der Waals surface area contributed by atoms with Crippen molar-refractivity contribution in [3.8, 4) is 17.1 Å². The second-order valence-corrected chi connectivity index (χ2v) is 9.54. The van der Waals surface area contributed by atoms with Crippen LogP contribution in [0.25, 0.3) is 17.1 Å². The van der Waals surface area contributed by atoms with Gasteiger partial charge in [-0.15, -0.1) is 0 Å². The van der Waals surface area contributed by atoms with Crippen molar-refractivity contribution in [3.63, 3.8) is 0 Å². The summed E-state index contributed by atoms with van der Waals surface area (Å²) >= 11 is 0. The highest BCUT2D eigenvalue weighted by atomic mass is 16.2. The summed E-state index contributed by atoms with van der Waals surface area (Å²) in [7, 11) is 1.99. The molecule has 0 radical (unpaired) electrons. The molecule has 0 aliphatic carbocycles. The van der Waals surface area contributed by atoms with Crippen molar-refractivity contribution < 1.29 is 4.79 Å². The molecular weight excluding hydrogens is 456 g/mol. The molecule has 5 heteroatoms. The average Bonchev–Trinajstić information content (AvgIpc) is 3.55. The van der Waals surface area contributed by atoms with Gasteiger partial charge in [0.2, 0.25) is 0 Å². The molecule has 0 aliphatic rings. The zero-order valence-corrected chi connectivity index (χ0v) is 21.6. The molecule has 0 fully saturated rings. The van der Waals surface area contributed by atoms with E-state index in [1.54, 1.807) is 4.68 Å². The van der Waals surface area contributed by atoms with E-state index in [1.807, 2.05) is 55.1 Å². The number of amides is 1. The number of hydrogen-bond donors (Lipinski definition) is 1. The molecule has 0 atom stereocenters. The number of aryl methyl sites for hydroxylation is 3. The summed E-state index contributed by atoms with van der Waals surface area (Å²) in [6.45, 7) is 4.65. The smallest absolute Gasteiger partial charge is 0.270 e. The molecular formula is C32H32N4O. The lowest BCUT2D eigenvalue weighted by molar-refractivity contribution is 0.0945. The van der Waals surface area contributed by atoms with Gasteiger partial charge in [0.25, 0.3) is 5.91 Å². The summed E-state index contributed by atoms with van der Waals surface area (Å²) in [4.78, 5) is 13.6. The fraction of sp³-hybridized carbons (Fsp3) is 0.188.